The molecule has 0 fully saturated rings. The van der Waals surface area contributed by atoms with Crippen LogP contribution in [0.25, 0.3) is 10.2 Å². The fourth-order valence-electron chi connectivity index (χ4n) is 2.98. The Morgan fingerprint density at radius 2 is 1.83 bits per heavy atom. The van der Waals surface area contributed by atoms with E-state index in [2.05, 4.69) is 15.5 Å². The first-order valence-electron chi connectivity index (χ1n) is 7.41. The maximum atomic E-state index is 12.6. The van der Waals surface area contributed by atoms with E-state index < -0.39 is 5.41 Å². The summed E-state index contributed by atoms with van der Waals surface area (Å²) in [7, 11) is 0. The Morgan fingerprint density at radius 1 is 1.09 bits per heavy atom. The Morgan fingerprint density at radius 3 is 2.61 bits per heavy atom. The van der Waals surface area contributed by atoms with E-state index in [1.165, 1.54) is 11.3 Å². The van der Waals surface area contributed by atoms with Crippen molar-refractivity contribution in [2.75, 3.05) is 5.43 Å². The Balaban J connectivity index is 1.70. The molecule has 0 unspecified atom stereocenters. The van der Waals surface area contributed by atoms with Gasteiger partial charge >= 0.3 is 0 Å². The summed E-state index contributed by atoms with van der Waals surface area (Å²) in [5, 5.41) is 5.10. The van der Waals surface area contributed by atoms with Gasteiger partial charge in [-0.1, -0.05) is 47.7 Å². The Hall–Kier alpha value is -2.53. The van der Waals surface area contributed by atoms with Crippen LogP contribution in [0.5, 0.6) is 0 Å². The Bertz CT molecular complexity index is 923. The number of hydrogen-bond acceptors (Lipinski definition) is 5. The van der Waals surface area contributed by atoms with Crippen molar-refractivity contribution in [2.24, 2.45) is 5.10 Å². The second-order valence-corrected chi connectivity index (χ2v) is 7.09. The average molecular weight is 321 g/mol. The SMILES string of the molecule is CC1(C)/C(=N/Nc2nc3ccccc3s2)C(=O)c2ccccc21. The molecule has 5 heteroatoms. The molecule has 0 aliphatic heterocycles. The topological polar surface area (TPSA) is 54.4 Å². The molecule has 0 spiro atoms. The van der Waals surface area contributed by atoms with Gasteiger partial charge < -0.3 is 0 Å². The number of anilines is 1. The van der Waals surface area contributed by atoms with E-state index in [1.54, 1.807) is 0 Å². The number of hydrazone groups is 1. The number of aromatic nitrogens is 1. The van der Waals surface area contributed by atoms with Crippen LogP contribution < -0.4 is 5.43 Å². The first-order valence-corrected chi connectivity index (χ1v) is 8.23. The van der Waals surface area contributed by atoms with Crippen molar-refractivity contribution in [1.82, 2.24) is 4.98 Å². The lowest BCUT2D eigenvalue weighted by atomic mass is 9.85. The van der Waals surface area contributed by atoms with Crippen LogP contribution in [-0.2, 0) is 5.41 Å². The molecular formula is C18H15N3OS. The zero-order valence-electron chi connectivity index (χ0n) is 12.8. The van der Waals surface area contributed by atoms with E-state index in [0.29, 0.717) is 10.8 Å². The number of carbonyl (C=O) groups excluding carboxylic acids is 1. The molecule has 23 heavy (non-hydrogen) atoms. The minimum Gasteiger partial charge on any atom is -0.287 e. The van der Waals surface area contributed by atoms with Crippen molar-refractivity contribution in [1.29, 1.82) is 0 Å². The molecule has 1 aliphatic rings. The first kappa shape index (κ1) is 14.1. The van der Waals surface area contributed by atoms with E-state index in [4.69, 9.17) is 0 Å². The molecule has 0 saturated heterocycles. The number of para-hydroxylation sites is 1. The molecule has 0 radical (unpaired) electrons. The van der Waals surface area contributed by atoms with Gasteiger partial charge in [-0.2, -0.15) is 5.10 Å². The van der Waals surface area contributed by atoms with Crippen molar-refractivity contribution < 1.29 is 4.79 Å². The predicted octanol–water partition coefficient (Wildman–Crippen LogP) is 4.24. The molecule has 1 N–H and O–H groups in total. The number of hydrogen-bond donors (Lipinski definition) is 1. The Kier molecular flexibility index (Phi) is 3.06. The minimum absolute atomic E-state index is 0.0146. The molecule has 1 heterocycles. The summed E-state index contributed by atoms with van der Waals surface area (Å²) in [6.45, 7) is 4.05. The molecule has 4 rings (SSSR count). The monoisotopic (exact) mass is 321 g/mol. The molecule has 114 valence electrons. The van der Waals surface area contributed by atoms with Crippen LogP contribution in [0.2, 0.25) is 0 Å². The predicted molar refractivity (Wildman–Crippen MR) is 94.5 cm³/mol. The van der Waals surface area contributed by atoms with Gasteiger partial charge in [0, 0.05) is 11.0 Å². The third kappa shape index (κ3) is 2.16. The van der Waals surface area contributed by atoms with Crippen molar-refractivity contribution in [3.05, 3.63) is 59.7 Å². The number of thiazole rings is 1. The van der Waals surface area contributed by atoms with Gasteiger partial charge in [-0.3, -0.25) is 10.2 Å². The quantitative estimate of drug-likeness (QED) is 0.718. The van der Waals surface area contributed by atoms with Gasteiger partial charge in [0.2, 0.25) is 10.9 Å². The van der Waals surface area contributed by atoms with Crippen LogP contribution in [0, 0.1) is 0 Å². The number of carbonyl (C=O) groups is 1. The molecule has 3 aromatic rings. The largest absolute Gasteiger partial charge is 0.287 e. The van der Waals surface area contributed by atoms with Crippen LogP contribution in [-0.4, -0.2) is 16.5 Å². The summed E-state index contributed by atoms with van der Waals surface area (Å²) in [6.07, 6.45) is 0. The highest BCUT2D eigenvalue weighted by Gasteiger charge is 2.42. The lowest BCUT2D eigenvalue weighted by Crippen LogP contribution is -2.28. The van der Waals surface area contributed by atoms with E-state index in [9.17, 15) is 4.79 Å². The summed E-state index contributed by atoms with van der Waals surface area (Å²) < 4.78 is 1.09. The summed E-state index contributed by atoms with van der Waals surface area (Å²) in [4.78, 5) is 17.1. The molecule has 2 aromatic carbocycles. The zero-order chi connectivity index (χ0) is 16.0. The number of Topliss-reactive ketones (excluding diaryl/α,β-unsaturated/α-hetero) is 1. The number of benzene rings is 2. The van der Waals surface area contributed by atoms with Gasteiger partial charge in [-0.15, -0.1) is 0 Å². The molecule has 0 amide bonds. The molecule has 1 aliphatic carbocycles. The lowest BCUT2D eigenvalue weighted by molar-refractivity contribution is 0.106. The number of ketones is 1. The van der Waals surface area contributed by atoms with Crippen LogP contribution in [0.3, 0.4) is 0 Å². The molecule has 1 aromatic heterocycles. The fraction of sp³-hybridized carbons (Fsp3) is 0.167. The van der Waals surface area contributed by atoms with E-state index >= 15 is 0 Å². The number of nitrogens with zero attached hydrogens (tertiary/aromatic N) is 2. The molecule has 0 bridgehead atoms. The third-order valence-corrected chi connectivity index (χ3v) is 5.15. The van der Waals surface area contributed by atoms with Gasteiger partial charge in [0.15, 0.2) is 0 Å². The highest BCUT2D eigenvalue weighted by atomic mass is 32.1. The van der Waals surface area contributed by atoms with E-state index in [0.717, 1.165) is 21.3 Å². The summed E-state index contributed by atoms with van der Waals surface area (Å²) in [5.74, 6) is -0.0146. The fourth-order valence-corrected chi connectivity index (χ4v) is 3.79. The second kappa shape index (κ2) is 4.99. The number of fused-ring (bicyclic) bond motifs is 2. The van der Waals surface area contributed by atoms with Crippen molar-refractivity contribution in [3.63, 3.8) is 0 Å². The van der Waals surface area contributed by atoms with Gasteiger partial charge in [0.25, 0.3) is 0 Å². The maximum absolute atomic E-state index is 12.6. The highest BCUT2D eigenvalue weighted by molar-refractivity contribution is 7.22. The van der Waals surface area contributed by atoms with E-state index in [-0.39, 0.29) is 5.78 Å². The summed E-state index contributed by atoms with van der Waals surface area (Å²) in [5.41, 5.74) is 5.78. The van der Waals surface area contributed by atoms with Crippen molar-refractivity contribution in [3.8, 4) is 0 Å². The van der Waals surface area contributed by atoms with E-state index in [1.807, 2.05) is 62.4 Å². The van der Waals surface area contributed by atoms with Crippen LogP contribution in [0.15, 0.2) is 53.6 Å². The third-order valence-electron chi connectivity index (χ3n) is 4.21. The van der Waals surface area contributed by atoms with Gasteiger partial charge in [-0.25, -0.2) is 4.98 Å². The Labute approximate surface area is 137 Å². The normalized spacial score (nSPS) is 17.7. The molecule has 0 atom stereocenters. The number of rotatable bonds is 2. The standard InChI is InChI=1S/C18H15N3OS/c1-18(2)12-8-4-3-7-11(12)15(22)16(18)20-21-17-19-13-9-5-6-10-14(13)23-17/h3-10H,1-2H3,(H,19,21)/b20-16+. The minimum atomic E-state index is -0.405. The smallest absolute Gasteiger partial charge is 0.210 e. The van der Waals surface area contributed by atoms with Gasteiger partial charge in [0.05, 0.1) is 10.2 Å². The molecule has 0 saturated carbocycles. The van der Waals surface area contributed by atoms with Crippen molar-refractivity contribution >= 4 is 38.2 Å². The average Bonchev–Trinajstić information content (AvgIpc) is 3.04. The second-order valence-electron chi connectivity index (χ2n) is 6.06. The van der Waals surface area contributed by atoms with Crippen LogP contribution in [0.1, 0.15) is 29.8 Å². The lowest BCUT2D eigenvalue weighted by Gasteiger charge is -2.18. The summed E-state index contributed by atoms with van der Waals surface area (Å²) >= 11 is 1.53. The zero-order valence-corrected chi connectivity index (χ0v) is 13.6. The van der Waals surface area contributed by atoms with Gasteiger partial charge in [0.1, 0.15) is 5.71 Å². The van der Waals surface area contributed by atoms with Crippen LogP contribution in [0.4, 0.5) is 5.13 Å². The number of nitrogens with one attached hydrogen (secondary N) is 1. The molecular weight excluding hydrogens is 306 g/mol. The maximum Gasteiger partial charge on any atom is 0.210 e. The van der Waals surface area contributed by atoms with Crippen molar-refractivity contribution in [2.45, 2.75) is 19.3 Å². The highest BCUT2D eigenvalue weighted by Crippen LogP contribution is 2.36. The molecule has 4 nitrogen and oxygen atoms in total. The van der Waals surface area contributed by atoms with Crippen LogP contribution >= 0.6 is 11.3 Å². The summed E-state index contributed by atoms with van der Waals surface area (Å²) in [6, 6.07) is 15.6. The first-order chi connectivity index (χ1) is 11.1. The van der Waals surface area contributed by atoms with Gasteiger partial charge in [-0.05, 0) is 31.5 Å².